The molecule has 0 atom stereocenters. The summed E-state index contributed by atoms with van der Waals surface area (Å²) in [6, 6.07) is 14.1. The van der Waals surface area contributed by atoms with Gasteiger partial charge in [0.25, 0.3) is 5.91 Å². The Labute approximate surface area is 137 Å². The van der Waals surface area contributed by atoms with Crippen LogP contribution in [0.2, 0.25) is 0 Å². The average molecular weight is 331 g/mol. The van der Waals surface area contributed by atoms with E-state index < -0.39 is 9.84 Å². The number of carbonyl (C=O) groups is 1. The van der Waals surface area contributed by atoms with Crippen LogP contribution in [0.1, 0.15) is 41.3 Å². The maximum Gasteiger partial charge on any atom is 0.251 e. The van der Waals surface area contributed by atoms with Crippen LogP contribution < -0.4 is 5.32 Å². The van der Waals surface area contributed by atoms with Gasteiger partial charge in [-0.25, -0.2) is 8.42 Å². The van der Waals surface area contributed by atoms with Gasteiger partial charge in [-0.1, -0.05) is 38.1 Å². The highest BCUT2D eigenvalue weighted by Gasteiger charge is 2.08. The van der Waals surface area contributed by atoms with Crippen molar-refractivity contribution in [2.75, 3.05) is 6.26 Å². The molecule has 0 aliphatic rings. The normalized spacial score (nSPS) is 11.5. The van der Waals surface area contributed by atoms with Crippen LogP contribution in [0.15, 0.2) is 53.4 Å². The van der Waals surface area contributed by atoms with E-state index in [2.05, 4.69) is 19.2 Å². The van der Waals surface area contributed by atoms with Crippen LogP contribution in [-0.2, 0) is 16.4 Å². The fraction of sp³-hybridized carbons (Fsp3) is 0.278. The SMILES string of the molecule is CC(C)c1ccc(C(=O)NCc2ccc(S(C)(=O)=O)cc2)cc1. The Morgan fingerprint density at radius 1 is 1.00 bits per heavy atom. The summed E-state index contributed by atoms with van der Waals surface area (Å²) < 4.78 is 22.8. The second kappa shape index (κ2) is 6.96. The zero-order chi connectivity index (χ0) is 17.0. The van der Waals surface area contributed by atoms with Gasteiger partial charge in [-0.15, -0.1) is 0 Å². The zero-order valence-electron chi connectivity index (χ0n) is 13.5. The molecular weight excluding hydrogens is 310 g/mol. The molecule has 23 heavy (non-hydrogen) atoms. The molecule has 0 bridgehead atoms. The van der Waals surface area contributed by atoms with E-state index in [9.17, 15) is 13.2 Å². The van der Waals surface area contributed by atoms with E-state index in [4.69, 9.17) is 0 Å². The molecule has 0 saturated carbocycles. The minimum absolute atomic E-state index is 0.146. The number of benzene rings is 2. The number of hydrogen-bond acceptors (Lipinski definition) is 3. The lowest BCUT2D eigenvalue weighted by molar-refractivity contribution is 0.0951. The Balaban J connectivity index is 1.98. The van der Waals surface area contributed by atoms with Gasteiger partial charge in [0, 0.05) is 18.4 Å². The topological polar surface area (TPSA) is 63.2 Å². The smallest absolute Gasteiger partial charge is 0.251 e. The van der Waals surface area contributed by atoms with Gasteiger partial charge in [0.2, 0.25) is 0 Å². The summed E-state index contributed by atoms with van der Waals surface area (Å²) in [7, 11) is -3.19. The molecule has 2 rings (SSSR count). The lowest BCUT2D eigenvalue weighted by atomic mass is 10.0. The second-order valence-electron chi connectivity index (χ2n) is 5.88. The number of hydrogen-bond donors (Lipinski definition) is 1. The minimum Gasteiger partial charge on any atom is -0.348 e. The first-order valence-corrected chi connectivity index (χ1v) is 9.33. The molecule has 0 aromatic heterocycles. The Morgan fingerprint density at radius 2 is 1.57 bits per heavy atom. The third kappa shape index (κ3) is 4.66. The van der Waals surface area contributed by atoms with Crippen LogP contribution >= 0.6 is 0 Å². The van der Waals surface area contributed by atoms with Gasteiger partial charge in [0.1, 0.15) is 0 Å². The molecule has 1 amide bonds. The van der Waals surface area contributed by atoms with Crippen LogP contribution in [-0.4, -0.2) is 20.6 Å². The highest BCUT2D eigenvalue weighted by atomic mass is 32.2. The van der Waals surface area contributed by atoms with Crippen molar-refractivity contribution in [1.29, 1.82) is 0 Å². The predicted octanol–water partition coefficient (Wildman–Crippen LogP) is 3.14. The van der Waals surface area contributed by atoms with E-state index in [1.165, 1.54) is 11.8 Å². The minimum atomic E-state index is -3.19. The van der Waals surface area contributed by atoms with Crippen LogP contribution in [0, 0.1) is 0 Å². The van der Waals surface area contributed by atoms with Crippen molar-refractivity contribution in [1.82, 2.24) is 5.32 Å². The summed E-state index contributed by atoms with van der Waals surface area (Å²) in [6.07, 6.45) is 1.17. The first kappa shape index (κ1) is 17.2. The van der Waals surface area contributed by atoms with Crippen molar-refractivity contribution in [2.24, 2.45) is 0 Å². The largest absolute Gasteiger partial charge is 0.348 e. The molecule has 122 valence electrons. The van der Waals surface area contributed by atoms with Crippen LogP contribution in [0.3, 0.4) is 0 Å². The Hall–Kier alpha value is -2.14. The van der Waals surface area contributed by atoms with Crippen LogP contribution in [0.25, 0.3) is 0 Å². The number of sulfone groups is 1. The molecule has 5 heteroatoms. The lowest BCUT2D eigenvalue weighted by Crippen LogP contribution is -2.22. The predicted molar refractivity (Wildman–Crippen MR) is 91.3 cm³/mol. The fourth-order valence-corrected chi connectivity index (χ4v) is 2.79. The average Bonchev–Trinajstić information content (AvgIpc) is 2.52. The molecule has 4 nitrogen and oxygen atoms in total. The van der Waals surface area contributed by atoms with Crippen molar-refractivity contribution in [2.45, 2.75) is 31.2 Å². The number of nitrogens with one attached hydrogen (secondary N) is 1. The molecule has 0 aliphatic carbocycles. The van der Waals surface area contributed by atoms with E-state index in [-0.39, 0.29) is 10.8 Å². The maximum atomic E-state index is 12.1. The fourth-order valence-electron chi connectivity index (χ4n) is 2.16. The van der Waals surface area contributed by atoms with E-state index in [1.54, 1.807) is 24.3 Å². The van der Waals surface area contributed by atoms with Crippen LogP contribution in [0.4, 0.5) is 0 Å². The molecule has 0 unspecified atom stereocenters. The van der Waals surface area contributed by atoms with E-state index in [1.807, 2.05) is 24.3 Å². The standard InChI is InChI=1S/C18H21NO3S/c1-13(2)15-6-8-16(9-7-15)18(20)19-12-14-4-10-17(11-5-14)23(3,21)22/h4-11,13H,12H2,1-3H3,(H,19,20). The monoisotopic (exact) mass is 331 g/mol. The molecule has 0 saturated heterocycles. The lowest BCUT2D eigenvalue weighted by Gasteiger charge is -2.08. The molecule has 0 aliphatic heterocycles. The molecule has 0 radical (unpaired) electrons. The summed E-state index contributed by atoms with van der Waals surface area (Å²) in [5, 5.41) is 2.83. The Bertz CT molecular complexity index is 776. The zero-order valence-corrected chi connectivity index (χ0v) is 14.4. The molecule has 0 fully saturated rings. The quantitative estimate of drug-likeness (QED) is 0.915. The van der Waals surface area contributed by atoms with Gasteiger partial charge in [0.15, 0.2) is 9.84 Å². The third-order valence-electron chi connectivity index (χ3n) is 3.64. The highest BCUT2D eigenvalue weighted by Crippen LogP contribution is 2.15. The van der Waals surface area contributed by atoms with Crippen molar-refractivity contribution in [3.8, 4) is 0 Å². The maximum absolute atomic E-state index is 12.1. The van der Waals surface area contributed by atoms with Crippen molar-refractivity contribution < 1.29 is 13.2 Å². The van der Waals surface area contributed by atoms with Gasteiger partial charge in [0.05, 0.1) is 4.90 Å². The highest BCUT2D eigenvalue weighted by molar-refractivity contribution is 7.90. The van der Waals surface area contributed by atoms with Gasteiger partial charge in [-0.3, -0.25) is 4.79 Å². The van der Waals surface area contributed by atoms with Gasteiger partial charge < -0.3 is 5.32 Å². The van der Waals surface area contributed by atoms with Crippen molar-refractivity contribution in [3.63, 3.8) is 0 Å². The molecule has 0 spiro atoms. The Morgan fingerprint density at radius 3 is 2.04 bits per heavy atom. The third-order valence-corrected chi connectivity index (χ3v) is 4.77. The van der Waals surface area contributed by atoms with Crippen molar-refractivity contribution >= 4 is 15.7 Å². The number of carbonyl (C=O) groups excluding carboxylic acids is 1. The second-order valence-corrected chi connectivity index (χ2v) is 7.89. The summed E-state index contributed by atoms with van der Waals surface area (Å²) >= 11 is 0. The first-order chi connectivity index (χ1) is 10.8. The van der Waals surface area contributed by atoms with E-state index in [0.717, 1.165) is 5.56 Å². The van der Waals surface area contributed by atoms with E-state index in [0.29, 0.717) is 18.0 Å². The summed E-state index contributed by atoms with van der Waals surface area (Å²) in [6.45, 7) is 4.57. The summed E-state index contributed by atoms with van der Waals surface area (Å²) in [4.78, 5) is 12.4. The summed E-state index contributed by atoms with van der Waals surface area (Å²) in [5.41, 5.74) is 2.66. The van der Waals surface area contributed by atoms with Crippen molar-refractivity contribution in [3.05, 3.63) is 65.2 Å². The molecule has 2 aromatic carbocycles. The summed E-state index contributed by atoms with van der Waals surface area (Å²) in [5.74, 6) is 0.285. The van der Waals surface area contributed by atoms with Gasteiger partial charge in [-0.05, 0) is 41.3 Å². The first-order valence-electron chi connectivity index (χ1n) is 7.44. The molecular formula is C18H21NO3S. The van der Waals surface area contributed by atoms with Gasteiger partial charge in [-0.2, -0.15) is 0 Å². The Kier molecular flexibility index (Phi) is 5.21. The number of amides is 1. The van der Waals surface area contributed by atoms with Gasteiger partial charge >= 0.3 is 0 Å². The molecule has 1 N–H and O–H groups in total. The van der Waals surface area contributed by atoms with E-state index >= 15 is 0 Å². The molecule has 2 aromatic rings. The number of rotatable bonds is 5. The molecule has 0 heterocycles. The van der Waals surface area contributed by atoms with Crippen LogP contribution in [0.5, 0.6) is 0 Å².